The molecule has 0 atom stereocenters. The summed E-state index contributed by atoms with van der Waals surface area (Å²) in [5.74, 6) is -0.411. The maximum absolute atomic E-state index is 14.0. The van der Waals surface area contributed by atoms with Crippen molar-refractivity contribution >= 4 is 22.2 Å². The Hall–Kier alpha value is -2.27. The SMILES string of the molecule is O=Cc1c(-c2ccccc2F)nn(-c2ccccc2)c1Br. The van der Waals surface area contributed by atoms with Crippen molar-refractivity contribution in [2.75, 3.05) is 0 Å². The molecule has 1 aromatic heterocycles. The van der Waals surface area contributed by atoms with Crippen molar-refractivity contribution < 1.29 is 9.18 Å². The highest BCUT2D eigenvalue weighted by molar-refractivity contribution is 9.10. The lowest BCUT2D eigenvalue weighted by Crippen LogP contribution is -1.96. The summed E-state index contributed by atoms with van der Waals surface area (Å²) < 4.78 is 16.0. The highest BCUT2D eigenvalue weighted by Gasteiger charge is 2.19. The Morgan fingerprint density at radius 2 is 1.71 bits per heavy atom. The summed E-state index contributed by atoms with van der Waals surface area (Å²) >= 11 is 3.37. The van der Waals surface area contributed by atoms with Crippen LogP contribution in [0.2, 0.25) is 0 Å². The lowest BCUT2D eigenvalue weighted by molar-refractivity contribution is 0.112. The van der Waals surface area contributed by atoms with Crippen LogP contribution in [0.25, 0.3) is 16.9 Å². The van der Waals surface area contributed by atoms with Crippen LogP contribution in [0, 0.1) is 5.82 Å². The molecule has 5 heteroatoms. The first-order chi connectivity index (χ1) is 10.2. The van der Waals surface area contributed by atoms with Gasteiger partial charge in [-0.05, 0) is 40.2 Å². The fourth-order valence-electron chi connectivity index (χ4n) is 2.11. The number of rotatable bonds is 3. The van der Waals surface area contributed by atoms with E-state index in [9.17, 15) is 9.18 Å². The van der Waals surface area contributed by atoms with Crippen LogP contribution < -0.4 is 0 Å². The maximum atomic E-state index is 14.0. The van der Waals surface area contributed by atoms with Crippen LogP contribution >= 0.6 is 15.9 Å². The predicted molar refractivity (Wildman–Crippen MR) is 82.0 cm³/mol. The molecule has 0 unspecified atom stereocenters. The molecule has 3 aromatic rings. The minimum atomic E-state index is -0.411. The number of aromatic nitrogens is 2. The van der Waals surface area contributed by atoms with Crippen molar-refractivity contribution in [2.24, 2.45) is 0 Å². The molecule has 0 aliphatic carbocycles. The minimum absolute atomic E-state index is 0.301. The topological polar surface area (TPSA) is 34.9 Å². The molecule has 2 aromatic carbocycles. The van der Waals surface area contributed by atoms with E-state index in [0.29, 0.717) is 27.7 Å². The molecule has 0 radical (unpaired) electrons. The normalized spacial score (nSPS) is 10.6. The van der Waals surface area contributed by atoms with Crippen molar-refractivity contribution in [2.45, 2.75) is 0 Å². The standard InChI is InChI=1S/C16H10BrFN2O/c17-16-13(10-21)15(12-8-4-5-9-14(12)18)19-20(16)11-6-2-1-3-7-11/h1-10H. The van der Waals surface area contributed by atoms with E-state index < -0.39 is 5.82 Å². The lowest BCUT2D eigenvalue weighted by atomic mass is 10.1. The van der Waals surface area contributed by atoms with Gasteiger partial charge in [-0.25, -0.2) is 9.07 Å². The van der Waals surface area contributed by atoms with E-state index in [1.54, 1.807) is 22.9 Å². The molecule has 0 N–H and O–H groups in total. The second-order valence-electron chi connectivity index (χ2n) is 4.40. The first-order valence-electron chi connectivity index (χ1n) is 6.26. The number of halogens is 2. The zero-order chi connectivity index (χ0) is 14.8. The summed E-state index contributed by atoms with van der Waals surface area (Å²) in [7, 11) is 0. The van der Waals surface area contributed by atoms with E-state index in [-0.39, 0.29) is 0 Å². The summed E-state index contributed by atoms with van der Waals surface area (Å²) in [6.45, 7) is 0. The van der Waals surface area contributed by atoms with Crippen LogP contribution in [-0.4, -0.2) is 16.1 Å². The van der Waals surface area contributed by atoms with Crippen molar-refractivity contribution in [3.63, 3.8) is 0 Å². The molecule has 0 bridgehead atoms. The van der Waals surface area contributed by atoms with Crippen molar-refractivity contribution in [3.05, 3.63) is 70.6 Å². The fourth-order valence-corrected chi connectivity index (χ4v) is 2.67. The highest BCUT2D eigenvalue weighted by Crippen LogP contribution is 2.31. The summed E-state index contributed by atoms with van der Waals surface area (Å²) in [6.07, 6.45) is 0.679. The smallest absolute Gasteiger partial charge is 0.155 e. The number of para-hydroxylation sites is 1. The van der Waals surface area contributed by atoms with E-state index in [4.69, 9.17) is 0 Å². The maximum Gasteiger partial charge on any atom is 0.155 e. The van der Waals surface area contributed by atoms with E-state index in [2.05, 4.69) is 21.0 Å². The number of carbonyl (C=O) groups is 1. The van der Waals surface area contributed by atoms with Crippen LogP contribution in [0.15, 0.2) is 59.2 Å². The predicted octanol–water partition coefficient (Wildman–Crippen LogP) is 4.25. The number of carbonyl (C=O) groups excluding carboxylic acids is 1. The van der Waals surface area contributed by atoms with Crippen molar-refractivity contribution in [1.82, 2.24) is 9.78 Å². The van der Waals surface area contributed by atoms with Crippen LogP contribution in [-0.2, 0) is 0 Å². The van der Waals surface area contributed by atoms with E-state index in [1.165, 1.54) is 6.07 Å². The minimum Gasteiger partial charge on any atom is -0.298 e. The molecule has 3 rings (SSSR count). The van der Waals surface area contributed by atoms with Gasteiger partial charge in [-0.2, -0.15) is 5.10 Å². The fraction of sp³-hybridized carbons (Fsp3) is 0. The Morgan fingerprint density at radius 3 is 2.38 bits per heavy atom. The highest BCUT2D eigenvalue weighted by atomic mass is 79.9. The molecule has 1 heterocycles. The molecule has 0 saturated carbocycles. The third-order valence-electron chi connectivity index (χ3n) is 3.11. The average molecular weight is 345 g/mol. The van der Waals surface area contributed by atoms with Crippen LogP contribution in [0.4, 0.5) is 4.39 Å². The van der Waals surface area contributed by atoms with Gasteiger partial charge in [-0.1, -0.05) is 30.3 Å². The Balaban J connectivity index is 2.24. The van der Waals surface area contributed by atoms with Gasteiger partial charge in [0.2, 0.25) is 0 Å². The van der Waals surface area contributed by atoms with E-state index in [1.807, 2.05) is 30.3 Å². The van der Waals surface area contributed by atoms with Gasteiger partial charge in [0.25, 0.3) is 0 Å². The van der Waals surface area contributed by atoms with Gasteiger partial charge < -0.3 is 0 Å². The number of hydrogen-bond donors (Lipinski definition) is 0. The van der Waals surface area contributed by atoms with Gasteiger partial charge in [0.15, 0.2) is 6.29 Å². The summed E-state index contributed by atoms with van der Waals surface area (Å²) in [4.78, 5) is 11.4. The first-order valence-corrected chi connectivity index (χ1v) is 7.05. The average Bonchev–Trinajstić information content (AvgIpc) is 2.85. The van der Waals surface area contributed by atoms with Gasteiger partial charge in [-0.15, -0.1) is 0 Å². The number of benzene rings is 2. The van der Waals surface area contributed by atoms with Gasteiger partial charge in [-0.3, -0.25) is 4.79 Å². The molecule has 0 aliphatic heterocycles. The molecular weight excluding hydrogens is 335 g/mol. The zero-order valence-electron chi connectivity index (χ0n) is 10.8. The first kappa shape index (κ1) is 13.7. The largest absolute Gasteiger partial charge is 0.298 e. The molecule has 3 nitrogen and oxygen atoms in total. The van der Waals surface area contributed by atoms with Crippen LogP contribution in [0.3, 0.4) is 0 Å². The Bertz CT molecular complexity index is 799. The van der Waals surface area contributed by atoms with Crippen molar-refractivity contribution in [1.29, 1.82) is 0 Å². The monoisotopic (exact) mass is 344 g/mol. The Kier molecular flexibility index (Phi) is 3.66. The Morgan fingerprint density at radius 1 is 1.05 bits per heavy atom. The summed E-state index contributed by atoms with van der Waals surface area (Å²) in [6, 6.07) is 15.6. The van der Waals surface area contributed by atoms with E-state index >= 15 is 0 Å². The van der Waals surface area contributed by atoms with Gasteiger partial charge >= 0.3 is 0 Å². The quantitative estimate of drug-likeness (QED) is 0.665. The molecule has 0 amide bonds. The molecule has 104 valence electrons. The molecule has 0 saturated heterocycles. The summed E-state index contributed by atoms with van der Waals surface area (Å²) in [5.41, 5.74) is 1.73. The second-order valence-corrected chi connectivity index (χ2v) is 5.15. The second kappa shape index (κ2) is 5.61. The molecule has 0 aliphatic rings. The van der Waals surface area contributed by atoms with Crippen molar-refractivity contribution in [3.8, 4) is 16.9 Å². The zero-order valence-corrected chi connectivity index (χ0v) is 12.4. The summed E-state index contributed by atoms with van der Waals surface area (Å²) in [5, 5.41) is 4.38. The molecule has 0 spiro atoms. The van der Waals surface area contributed by atoms with Crippen LogP contribution in [0.1, 0.15) is 10.4 Å². The number of hydrogen-bond acceptors (Lipinski definition) is 2. The Labute approximate surface area is 129 Å². The van der Waals surface area contributed by atoms with Crippen LogP contribution in [0.5, 0.6) is 0 Å². The number of nitrogens with zero attached hydrogens (tertiary/aromatic N) is 2. The molecule has 0 fully saturated rings. The third kappa shape index (κ3) is 2.40. The van der Waals surface area contributed by atoms with E-state index in [0.717, 1.165) is 5.69 Å². The number of aldehydes is 1. The third-order valence-corrected chi connectivity index (χ3v) is 3.87. The van der Waals surface area contributed by atoms with Gasteiger partial charge in [0.1, 0.15) is 16.1 Å². The van der Waals surface area contributed by atoms with Gasteiger partial charge in [0.05, 0.1) is 11.3 Å². The van der Waals surface area contributed by atoms with Gasteiger partial charge in [0, 0.05) is 5.56 Å². The molecule has 21 heavy (non-hydrogen) atoms. The lowest BCUT2D eigenvalue weighted by Gasteiger charge is -2.02. The molecular formula is C16H10BrFN2O.